The van der Waals surface area contributed by atoms with Crippen LogP contribution < -0.4 is 0 Å². The molecule has 4 aromatic carbocycles. The molecule has 2 heteroatoms. The molecule has 2 aliphatic carbocycles. The van der Waals surface area contributed by atoms with Gasteiger partial charge in [-0.05, 0) is 43.8 Å². The molecular weight excluding hydrogens is 376 g/mol. The molecule has 0 aromatic heterocycles. The molecule has 0 fully saturated rings. The van der Waals surface area contributed by atoms with Crippen molar-refractivity contribution in [2.75, 3.05) is 0 Å². The highest BCUT2D eigenvalue weighted by Gasteiger charge is 2.22. The lowest BCUT2D eigenvalue weighted by Crippen LogP contribution is -2.00. The lowest BCUT2D eigenvalue weighted by atomic mass is 9.93. The summed E-state index contributed by atoms with van der Waals surface area (Å²) in [6, 6.07) is 26.6. The number of rotatable bonds is 3. The van der Waals surface area contributed by atoms with Crippen LogP contribution in [0.25, 0.3) is 33.7 Å². The normalized spacial score (nSPS) is 19.4. The largest absolute Gasteiger partial charge is 0.0807 e. The molecule has 2 atom stereocenters. The smallest absolute Gasteiger partial charge is 0.0591 e. The van der Waals surface area contributed by atoms with Crippen LogP contribution >= 0.6 is 21.6 Å². The summed E-state index contributed by atoms with van der Waals surface area (Å²) in [6.45, 7) is 0. The van der Waals surface area contributed by atoms with E-state index in [9.17, 15) is 0 Å². The molecule has 0 amide bonds. The van der Waals surface area contributed by atoms with Crippen LogP contribution in [-0.4, -0.2) is 0 Å². The Hall–Kier alpha value is -2.42. The van der Waals surface area contributed by atoms with Gasteiger partial charge in [0.15, 0.2) is 0 Å². The molecule has 0 saturated heterocycles. The van der Waals surface area contributed by atoms with Gasteiger partial charge in [-0.3, -0.25) is 0 Å². The molecule has 0 heterocycles. The van der Waals surface area contributed by atoms with E-state index in [2.05, 4.69) is 97.1 Å². The van der Waals surface area contributed by atoms with Crippen molar-refractivity contribution >= 4 is 55.3 Å². The highest BCUT2D eigenvalue weighted by molar-refractivity contribution is 8.76. The second-order valence-corrected chi connectivity index (χ2v) is 9.89. The van der Waals surface area contributed by atoms with E-state index < -0.39 is 0 Å². The maximum Gasteiger partial charge on any atom is 0.0591 e. The van der Waals surface area contributed by atoms with Gasteiger partial charge in [0.2, 0.25) is 0 Å². The van der Waals surface area contributed by atoms with Crippen LogP contribution in [0.3, 0.4) is 0 Å². The third kappa shape index (κ3) is 2.56. The topological polar surface area (TPSA) is 0 Å². The third-order valence-corrected chi connectivity index (χ3v) is 8.64. The zero-order valence-corrected chi connectivity index (χ0v) is 16.8. The van der Waals surface area contributed by atoms with Crippen molar-refractivity contribution in [3.05, 3.63) is 107 Å². The van der Waals surface area contributed by atoms with Gasteiger partial charge in [-0.25, -0.2) is 0 Å². The van der Waals surface area contributed by atoms with E-state index >= 15 is 0 Å². The van der Waals surface area contributed by atoms with E-state index in [0.29, 0.717) is 10.5 Å². The van der Waals surface area contributed by atoms with Crippen LogP contribution in [0, 0.1) is 0 Å². The molecule has 28 heavy (non-hydrogen) atoms. The van der Waals surface area contributed by atoms with Crippen molar-refractivity contribution in [3.8, 4) is 0 Å². The minimum Gasteiger partial charge on any atom is -0.0807 e. The average Bonchev–Trinajstić information content (AvgIpc) is 2.75. The van der Waals surface area contributed by atoms with Crippen LogP contribution in [-0.2, 0) is 0 Å². The van der Waals surface area contributed by atoms with Crippen LogP contribution in [0.4, 0.5) is 0 Å². The van der Waals surface area contributed by atoms with Crippen molar-refractivity contribution in [2.45, 2.75) is 10.5 Å². The highest BCUT2D eigenvalue weighted by Crippen LogP contribution is 2.52. The Kier molecular flexibility index (Phi) is 3.88. The molecule has 2 unspecified atom stereocenters. The first-order chi connectivity index (χ1) is 13.9. The summed E-state index contributed by atoms with van der Waals surface area (Å²) in [5.41, 5.74) is 5.55. The van der Waals surface area contributed by atoms with Crippen LogP contribution in [0.1, 0.15) is 32.8 Å². The molecule has 0 aliphatic heterocycles. The summed E-state index contributed by atoms with van der Waals surface area (Å²) >= 11 is 0. The van der Waals surface area contributed by atoms with E-state index in [4.69, 9.17) is 0 Å². The van der Waals surface area contributed by atoms with Crippen LogP contribution in [0.2, 0.25) is 0 Å². The first kappa shape index (κ1) is 16.5. The summed E-state index contributed by atoms with van der Waals surface area (Å²) in [7, 11) is 3.96. The number of hydrogen-bond donors (Lipinski definition) is 0. The highest BCUT2D eigenvalue weighted by atomic mass is 33.1. The molecule has 0 spiro atoms. The third-order valence-electron chi connectivity index (χ3n) is 5.72. The summed E-state index contributed by atoms with van der Waals surface area (Å²) in [5.74, 6) is 0. The monoisotopic (exact) mass is 394 g/mol. The van der Waals surface area contributed by atoms with E-state index in [1.165, 1.54) is 43.8 Å². The van der Waals surface area contributed by atoms with E-state index in [0.717, 1.165) is 0 Å². The second-order valence-electron chi connectivity index (χ2n) is 7.34. The molecule has 134 valence electrons. The van der Waals surface area contributed by atoms with Crippen molar-refractivity contribution in [2.24, 2.45) is 0 Å². The van der Waals surface area contributed by atoms with Crippen LogP contribution in [0.15, 0.2) is 84.9 Å². The molecule has 0 radical (unpaired) electrons. The van der Waals surface area contributed by atoms with Gasteiger partial charge in [-0.1, -0.05) is 119 Å². The zero-order valence-electron chi connectivity index (χ0n) is 15.2. The van der Waals surface area contributed by atoms with E-state index in [-0.39, 0.29) is 0 Å². The maximum atomic E-state index is 2.36. The second kappa shape index (κ2) is 6.58. The van der Waals surface area contributed by atoms with Crippen molar-refractivity contribution < 1.29 is 0 Å². The Morgan fingerprint density at radius 3 is 1.39 bits per heavy atom. The number of hydrogen-bond acceptors (Lipinski definition) is 2. The van der Waals surface area contributed by atoms with Gasteiger partial charge in [0.25, 0.3) is 0 Å². The molecule has 4 aromatic rings. The zero-order chi connectivity index (χ0) is 18.5. The predicted octanol–water partition coefficient (Wildman–Crippen LogP) is 8.21. The summed E-state index contributed by atoms with van der Waals surface area (Å²) < 4.78 is 0. The minimum atomic E-state index is 0.383. The maximum absolute atomic E-state index is 2.36. The van der Waals surface area contributed by atoms with Gasteiger partial charge < -0.3 is 0 Å². The Morgan fingerprint density at radius 1 is 0.500 bits per heavy atom. The minimum absolute atomic E-state index is 0.383. The van der Waals surface area contributed by atoms with Crippen molar-refractivity contribution in [3.63, 3.8) is 0 Å². The Morgan fingerprint density at radius 2 is 0.929 bits per heavy atom. The van der Waals surface area contributed by atoms with E-state index in [1.54, 1.807) is 0 Å². The first-order valence-electron chi connectivity index (χ1n) is 9.60. The van der Waals surface area contributed by atoms with Crippen LogP contribution in [0.5, 0.6) is 0 Å². The number of benzene rings is 4. The van der Waals surface area contributed by atoms with Gasteiger partial charge in [0, 0.05) is 0 Å². The van der Waals surface area contributed by atoms with Gasteiger partial charge >= 0.3 is 0 Å². The molecule has 0 nitrogen and oxygen atoms in total. The Balaban J connectivity index is 1.33. The van der Waals surface area contributed by atoms with Crippen molar-refractivity contribution in [1.29, 1.82) is 0 Å². The average molecular weight is 395 g/mol. The predicted molar refractivity (Wildman–Crippen MR) is 127 cm³/mol. The summed E-state index contributed by atoms with van der Waals surface area (Å²) in [5, 5.41) is 6.27. The van der Waals surface area contributed by atoms with Gasteiger partial charge in [0.05, 0.1) is 10.5 Å². The van der Waals surface area contributed by atoms with Crippen molar-refractivity contribution in [1.82, 2.24) is 0 Å². The lowest BCUT2D eigenvalue weighted by molar-refractivity contribution is 1.25. The van der Waals surface area contributed by atoms with E-state index in [1.807, 2.05) is 21.6 Å². The molecule has 0 saturated carbocycles. The Labute approximate surface area is 172 Å². The standard InChI is InChI=1S/C26H18S2/c1-5-17-9-3-11-21-23(15-13-19(7-1)25(17)21)27-28-24-16-14-20-8-2-6-18-10-4-12-22(24)26(18)20/h1-16,23-24H. The van der Waals surface area contributed by atoms with Gasteiger partial charge in [-0.15, -0.1) is 0 Å². The summed E-state index contributed by atoms with van der Waals surface area (Å²) in [6.07, 6.45) is 9.30. The SMILES string of the molecule is C1=CC(SSC2C=Cc3cccc4cccc2c34)c2cccc3cccc1c23. The Bertz CT molecular complexity index is 1170. The fraction of sp³-hybridized carbons (Fsp3) is 0.0769. The lowest BCUT2D eigenvalue weighted by Gasteiger charge is -2.24. The molecular formula is C26H18S2. The molecule has 2 aliphatic rings. The molecule has 6 rings (SSSR count). The quantitative estimate of drug-likeness (QED) is 0.321. The fourth-order valence-electron chi connectivity index (χ4n) is 4.43. The molecule has 0 bridgehead atoms. The molecule has 0 N–H and O–H groups in total. The van der Waals surface area contributed by atoms with Gasteiger partial charge in [-0.2, -0.15) is 0 Å². The van der Waals surface area contributed by atoms with Gasteiger partial charge in [0.1, 0.15) is 0 Å². The summed E-state index contributed by atoms with van der Waals surface area (Å²) in [4.78, 5) is 0. The fourth-order valence-corrected chi connectivity index (χ4v) is 7.28. The first-order valence-corrected chi connectivity index (χ1v) is 11.9.